The molecule has 0 bridgehead atoms. The molecule has 1 aliphatic heterocycles. The second kappa shape index (κ2) is 7.48. The number of nitrogens with two attached hydrogens (primary N) is 1. The summed E-state index contributed by atoms with van der Waals surface area (Å²) in [6, 6.07) is 5.09. The van der Waals surface area contributed by atoms with Crippen LogP contribution in [0.5, 0.6) is 0 Å². The summed E-state index contributed by atoms with van der Waals surface area (Å²) in [5.41, 5.74) is 8.39. The van der Waals surface area contributed by atoms with Crippen LogP contribution in [0.4, 0.5) is 11.4 Å². The Morgan fingerprint density at radius 2 is 2.29 bits per heavy atom. The van der Waals surface area contributed by atoms with Gasteiger partial charge < -0.3 is 11.1 Å². The van der Waals surface area contributed by atoms with Crippen molar-refractivity contribution >= 4 is 28.9 Å². The van der Waals surface area contributed by atoms with Gasteiger partial charge in [-0.2, -0.15) is 0 Å². The van der Waals surface area contributed by atoms with Crippen molar-refractivity contribution in [3.63, 3.8) is 0 Å². The molecule has 2 rings (SSSR count). The van der Waals surface area contributed by atoms with Gasteiger partial charge in [-0.25, -0.2) is 0 Å². The van der Waals surface area contributed by atoms with E-state index in [2.05, 4.69) is 23.2 Å². The maximum atomic E-state index is 11.9. The Kier molecular flexibility index (Phi) is 5.65. The smallest absolute Gasteiger partial charge is 0.224 e. The highest BCUT2D eigenvalue weighted by Gasteiger charge is 2.10. The molecule has 0 aromatic heterocycles. The lowest BCUT2D eigenvalue weighted by Crippen LogP contribution is -2.30. The zero-order valence-corrected chi connectivity index (χ0v) is 13.1. The van der Waals surface area contributed by atoms with Gasteiger partial charge in [0.25, 0.3) is 0 Å². The number of nitrogen functional groups attached to an aromatic ring is 1. The molecule has 21 heavy (non-hydrogen) atoms. The molecule has 0 radical (unpaired) electrons. The summed E-state index contributed by atoms with van der Waals surface area (Å²) in [6.07, 6.45) is 4.75. The number of nitrogens with one attached hydrogen (secondary N) is 1. The highest BCUT2D eigenvalue weighted by molar-refractivity contribution is 6.31. The van der Waals surface area contributed by atoms with Gasteiger partial charge in [0.2, 0.25) is 5.91 Å². The average Bonchev–Trinajstić information content (AvgIpc) is 2.44. The molecular formula is C16H22ClN3O. The Labute approximate surface area is 130 Å². The van der Waals surface area contributed by atoms with Crippen LogP contribution in [-0.2, 0) is 4.79 Å². The predicted octanol–water partition coefficient (Wildman–Crippen LogP) is 3.29. The highest BCUT2D eigenvalue weighted by Crippen LogP contribution is 2.22. The van der Waals surface area contributed by atoms with Crippen LogP contribution in [0.15, 0.2) is 29.8 Å². The fraction of sp³-hybridized carbons (Fsp3) is 0.438. The second-order valence-corrected chi connectivity index (χ2v) is 5.92. The van der Waals surface area contributed by atoms with Crippen LogP contribution in [-0.4, -0.2) is 30.4 Å². The molecule has 1 aliphatic rings. The van der Waals surface area contributed by atoms with Crippen molar-refractivity contribution in [2.45, 2.75) is 26.2 Å². The maximum Gasteiger partial charge on any atom is 0.224 e. The number of anilines is 2. The number of carbonyl (C=O) groups is 1. The van der Waals surface area contributed by atoms with E-state index in [1.165, 1.54) is 5.57 Å². The molecule has 3 N–H and O–H groups in total. The van der Waals surface area contributed by atoms with E-state index in [1.807, 2.05) is 0 Å². The lowest BCUT2D eigenvalue weighted by molar-refractivity contribution is -0.116. The Hall–Kier alpha value is -1.52. The highest BCUT2D eigenvalue weighted by atomic mass is 35.5. The van der Waals surface area contributed by atoms with Crippen LogP contribution >= 0.6 is 11.6 Å². The Bertz CT molecular complexity index is 542. The first-order chi connectivity index (χ1) is 10.0. The molecule has 5 heteroatoms. The molecule has 0 fully saturated rings. The van der Waals surface area contributed by atoms with E-state index >= 15 is 0 Å². The molecule has 4 nitrogen and oxygen atoms in total. The summed E-state index contributed by atoms with van der Waals surface area (Å²) in [5, 5.41) is 3.40. The molecule has 0 saturated heterocycles. The average molecular weight is 308 g/mol. The molecule has 0 aliphatic carbocycles. The van der Waals surface area contributed by atoms with Crippen LogP contribution in [0.3, 0.4) is 0 Å². The predicted molar refractivity (Wildman–Crippen MR) is 88.5 cm³/mol. The van der Waals surface area contributed by atoms with Gasteiger partial charge >= 0.3 is 0 Å². The van der Waals surface area contributed by atoms with Gasteiger partial charge in [-0.3, -0.25) is 9.69 Å². The van der Waals surface area contributed by atoms with Gasteiger partial charge in [0.05, 0.1) is 11.4 Å². The molecule has 0 spiro atoms. The van der Waals surface area contributed by atoms with Crippen LogP contribution in [0, 0.1) is 0 Å². The number of benzene rings is 1. The first kappa shape index (κ1) is 15.9. The number of hydrogen-bond acceptors (Lipinski definition) is 3. The summed E-state index contributed by atoms with van der Waals surface area (Å²) in [6.45, 7) is 5.21. The molecule has 0 atom stereocenters. The minimum Gasteiger partial charge on any atom is -0.397 e. The van der Waals surface area contributed by atoms with Crippen molar-refractivity contribution in [2.75, 3.05) is 30.7 Å². The number of halogens is 1. The SMILES string of the molecule is CC1=CCN(CCCC(=O)Nc2ccc(Cl)cc2N)CC1. The first-order valence-corrected chi connectivity index (χ1v) is 7.65. The van der Waals surface area contributed by atoms with Crippen molar-refractivity contribution in [2.24, 2.45) is 0 Å². The monoisotopic (exact) mass is 307 g/mol. The normalized spacial score (nSPS) is 15.6. The molecule has 1 aromatic rings. The Balaban J connectivity index is 1.72. The van der Waals surface area contributed by atoms with E-state index in [0.29, 0.717) is 22.8 Å². The largest absolute Gasteiger partial charge is 0.397 e. The van der Waals surface area contributed by atoms with E-state index in [-0.39, 0.29) is 5.91 Å². The zero-order chi connectivity index (χ0) is 15.2. The number of nitrogens with zero attached hydrogens (tertiary/aromatic N) is 1. The molecule has 0 saturated carbocycles. The molecular weight excluding hydrogens is 286 g/mol. The number of carbonyl (C=O) groups excluding carboxylic acids is 1. The summed E-state index contributed by atoms with van der Waals surface area (Å²) >= 11 is 5.83. The van der Waals surface area contributed by atoms with Crippen LogP contribution in [0.2, 0.25) is 5.02 Å². The van der Waals surface area contributed by atoms with E-state index in [4.69, 9.17) is 17.3 Å². The third kappa shape index (κ3) is 5.06. The molecule has 1 heterocycles. The summed E-state index contributed by atoms with van der Waals surface area (Å²) < 4.78 is 0. The minimum atomic E-state index is -0.00671. The quantitative estimate of drug-likeness (QED) is 0.648. The van der Waals surface area contributed by atoms with Crippen LogP contribution in [0.1, 0.15) is 26.2 Å². The summed E-state index contributed by atoms with van der Waals surface area (Å²) in [7, 11) is 0. The number of amides is 1. The lowest BCUT2D eigenvalue weighted by atomic mass is 10.1. The fourth-order valence-corrected chi connectivity index (χ4v) is 2.52. The summed E-state index contributed by atoms with van der Waals surface area (Å²) in [5.74, 6) is -0.00671. The molecule has 1 aromatic carbocycles. The Morgan fingerprint density at radius 3 is 2.95 bits per heavy atom. The van der Waals surface area contributed by atoms with E-state index < -0.39 is 0 Å². The fourth-order valence-electron chi connectivity index (χ4n) is 2.34. The van der Waals surface area contributed by atoms with E-state index in [0.717, 1.165) is 32.5 Å². The first-order valence-electron chi connectivity index (χ1n) is 7.27. The van der Waals surface area contributed by atoms with Crippen molar-refractivity contribution in [3.8, 4) is 0 Å². The Morgan fingerprint density at radius 1 is 1.48 bits per heavy atom. The minimum absolute atomic E-state index is 0.00671. The van der Waals surface area contributed by atoms with Gasteiger partial charge in [0, 0.05) is 24.5 Å². The van der Waals surface area contributed by atoms with Crippen LogP contribution in [0.25, 0.3) is 0 Å². The third-order valence-electron chi connectivity index (χ3n) is 3.69. The van der Waals surface area contributed by atoms with Crippen LogP contribution < -0.4 is 11.1 Å². The summed E-state index contributed by atoms with van der Waals surface area (Å²) in [4.78, 5) is 14.3. The molecule has 0 unspecified atom stereocenters. The van der Waals surface area contributed by atoms with E-state index in [9.17, 15) is 4.79 Å². The number of hydrogen-bond donors (Lipinski definition) is 2. The molecule has 114 valence electrons. The van der Waals surface area contributed by atoms with Crippen molar-refractivity contribution < 1.29 is 4.79 Å². The standard InChI is InChI=1S/C16H22ClN3O/c1-12-6-9-20(10-7-12)8-2-3-16(21)19-15-5-4-13(17)11-14(15)18/h4-6,11H,2-3,7-10,18H2,1H3,(H,19,21). The second-order valence-electron chi connectivity index (χ2n) is 5.48. The van der Waals surface area contributed by atoms with Crippen molar-refractivity contribution in [1.82, 2.24) is 4.90 Å². The van der Waals surface area contributed by atoms with Crippen molar-refractivity contribution in [1.29, 1.82) is 0 Å². The maximum absolute atomic E-state index is 11.9. The van der Waals surface area contributed by atoms with Gasteiger partial charge in [-0.1, -0.05) is 23.3 Å². The topological polar surface area (TPSA) is 58.4 Å². The molecule has 1 amide bonds. The lowest BCUT2D eigenvalue weighted by Gasteiger charge is -2.24. The van der Waals surface area contributed by atoms with Gasteiger partial charge in [0.1, 0.15) is 0 Å². The van der Waals surface area contributed by atoms with Gasteiger partial charge in [-0.05, 0) is 44.5 Å². The number of rotatable bonds is 5. The zero-order valence-electron chi connectivity index (χ0n) is 12.4. The van der Waals surface area contributed by atoms with Gasteiger partial charge in [-0.15, -0.1) is 0 Å². The van der Waals surface area contributed by atoms with Gasteiger partial charge in [0.15, 0.2) is 0 Å². The van der Waals surface area contributed by atoms with E-state index in [1.54, 1.807) is 18.2 Å². The third-order valence-corrected chi connectivity index (χ3v) is 3.92. The van der Waals surface area contributed by atoms with Crippen molar-refractivity contribution in [3.05, 3.63) is 34.9 Å².